The van der Waals surface area contributed by atoms with Crippen LogP contribution in [0.25, 0.3) is 0 Å². The van der Waals surface area contributed by atoms with Gasteiger partial charge in [-0.05, 0) is 6.07 Å². The Morgan fingerprint density at radius 1 is 1.33 bits per heavy atom. The van der Waals surface area contributed by atoms with Crippen LogP contribution in [0, 0.1) is 0 Å². The third kappa shape index (κ3) is 1.20. The van der Waals surface area contributed by atoms with Gasteiger partial charge in [-0.3, -0.25) is 0 Å². The van der Waals surface area contributed by atoms with Crippen molar-refractivity contribution >= 4 is 17.5 Å². The highest BCUT2D eigenvalue weighted by molar-refractivity contribution is 7.99. The smallest absolute Gasteiger partial charge is 0.0692 e. The van der Waals surface area contributed by atoms with Crippen molar-refractivity contribution in [2.24, 2.45) is 10.9 Å². The van der Waals surface area contributed by atoms with Crippen LogP contribution in [0.4, 0.5) is 0 Å². The molecule has 62 valence electrons. The SMILES string of the molecule is NN=C1CCSc2ccccc21. The zero-order valence-corrected chi connectivity index (χ0v) is 7.47. The molecule has 0 saturated carbocycles. The molecular formula is C9H10N2S. The standard InChI is InChI=1S/C9H10N2S/c10-11-8-5-6-12-9-4-2-1-3-7(8)9/h1-4H,5-6,10H2. The third-order valence-electron chi connectivity index (χ3n) is 1.95. The Labute approximate surface area is 75.8 Å². The maximum Gasteiger partial charge on any atom is 0.0692 e. The first-order valence-electron chi connectivity index (χ1n) is 3.91. The summed E-state index contributed by atoms with van der Waals surface area (Å²) in [6, 6.07) is 8.26. The Kier molecular flexibility index (Phi) is 2.04. The molecule has 0 unspecified atom stereocenters. The van der Waals surface area contributed by atoms with Gasteiger partial charge in [-0.25, -0.2) is 0 Å². The average Bonchev–Trinajstić information content (AvgIpc) is 2.17. The highest BCUT2D eigenvalue weighted by atomic mass is 32.2. The second kappa shape index (κ2) is 3.19. The molecule has 3 heteroatoms. The number of hydrogen-bond donors (Lipinski definition) is 1. The fourth-order valence-corrected chi connectivity index (χ4v) is 2.39. The van der Waals surface area contributed by atoms with Gasteiger partial charge in [-0.1, -0.05) is 18.2 Å². The molecule has 0 aromatic heterocycles. The van der Waals surface area contributed by atoms with E-state index in [9.17, 15) is 0 Å². The van der Waals surface area contributed by atoms with Crippen LogP contribution in [0.2, 0.25) is 0 Å². The molecule has 0 aliphatic carbocycles. The van der Waals surface area contributed by atoms with Gasteiger partial charge in [-0.2, -0.15) is 5.10 Å². The normalized spacial score (nSPS) is 19.2. The molecule has 0 amide bonds. The first-order valence-corrected chi connectivity index (χ1v) is 4.89. The fourth-order valence-electron chi connectivity index (χ4n) is 1.36. The largest absolute Gasteiger partial charge is 0.323 e. The lowest BCUT2D eigenvalue weighted by Crippen LogP contribution is -2.11. The van der Waals surface area contributed by atoms with Gasteiger partial charge in [0.2, 0.25) is 0 Å². The molecule has 12 heavy (non-hydrogen) atoms. The number of nitrogens with zero attached hydrogens (tertiary/aromatic N) is 1. The Morgan fingerprint density at radius 2 is 2.17 bits per heavy atom. The Bertz CT molecular complexity index is 320. The predicted molar refractivity (Wildman–Crippen MR) is 52.5 cm³/mol. The lowest BCUT2D eigenvalue weighted by molar-refractivity contribution is 1.15. The molecule has 2 N–H and O–H groups in total. The third-order valence-corrected chi connectivity index (χ3v) is 3.03. The molecule has 1 aromatic carbocycles. The summed E-state index contributed by atoms with van der Waals surface area (Å²) in [6.07, 6.45) is 0.984. The van der Waals surface area contributed by atoms with E-state index in [0.717, 1.165) is 17.9 Å². The monoisotopic (exact) mass is 178 g/mol. The topological polar surface area (TPSA) is 38.4 Å². The van der Waals surface area contributed by atoms with E-state index in [-0.39, 0.29) is 0 Å². The molecule has 1 aliphatic rings. The van der Waals surface area contributed by atoms with E-state index in [1.165, 1.54) is 10.5 Å². The van der Waals surface area contributed by atoms with Crippen molar-refractivity contribution in [3.05, 3.63) is 29.8 Å². The van der Waals surface area contributed by atoms with E-state index in [0.29, 0.717) is 0 Å². The summed E-state index contributed by atoms with van der Waals surface area (Å²) in [6.45, 7) is 0. The second-order valence-corrected chi connectivity index (χ2v) is 3.81. The highest BCUT2D eigenvalue weighted by Crippen LogP contribution is 2.29. The molecule has 1 aromatic rings. The van der Waals surface area contributed by atoms with Crippen LogP contribution in [0.15, 0.2) is 34.3 Å². The van der Waals surface area contributed by atoms with Gasteiger partial charge < -0.3 is 5.84 Å². The minimum Gasteiger partial charge on any atom is -0.323 e. The fraction of sp³-hybridized carbons (Fsp3) is 0.222. The molecule has 0 fully saturated rings. The molecule has 1 heterocycles. The lowest BCUT2D eigenvalue weighted by Gasteiger charge is -2.15. The van der Waals surface area contributed by atoms with Crippen LogP contribution in [-0.4, -0.2) is 11.5 Å². The zero-order valence-electron chi connectivity index (χ0n) is 6.66. The zero-order chi connectivity index (χ0) is 8.39. The van der Waals surface area contributed by atoms with Crippen LogP contribution in [-0.2, 0) is 0 Å². The maximum absolute atomic E-state index is 5.30. The van der Waals surface area contributed by atoms with E-state index >= 15 is 0 Å². The van der Waals surface area contributed by atoms with Gasteiger partial charge in [0.25, 0.3) is 0 Å². The van der Waals surface area contributed by atoms with Crippen LogP contribution in [0.5, 0.6) is 0 Å². The number of benzene rings is 1. The quantitative estimate of drug-likeness (QED) is 0.486. The summed E-state index contributed by atoms with van der Waals surface area (Å²) >= 11 is 1.87. The molecule has 0 spiro atoms. The van der Waals surface area contributed by atoms with Crippen molar-refractivity contribution in [2.75, 3.05) is 5.75 Å². The summed E-state index contributed by atoms with van der Waals surface area (Å²) in [4.78, 5) is 1.30. The molecular weight excluding hydrogens is 168 g/mol. The van der Waals surface area contributed by atoms with E-state index < -0.39 is 0 Å². The molecule has 2 nitrogen and oxygen atoms in total. The summed E-state index contributed by atoms with van der Waals surface area (Å²) in [5.41, 5.74) is 2.24. The van der Waals surface area contributed by atoms with Crippen molar-refractivity contribution in [3.8, 4) is 0 Å². The van der Waals surface area contributed by atoms with E-state index in [1.807, 2.05) is 23.9 Å². The van der Waals surface area contributed by atoms with Crippen molar-refractivity contribution in [3.63, 3.8) is 0 Å². The predicted octanol–water partition coefficient (Wildman–Crippen LogP) is 1.85. The first kappa shape index (κ1) is 7.68. The summed E-state index contributed by atoms with van der Waals surface area (Å²) in [5, 5.41) is 3.79. The number of fused-ring (bicyclic) bond motifs is 1. The minimum atomic E-state index is 0.984. The van der Waals surface area contributed by atoms with Crippen LogP contribution in [0.3, 0.4) is 0 Å². The number of hydrazone groups is 1. The van der Waals surface area contributed by atoms with E-state index in [2.05, 4.69) is 17.2 Å². The number of nitrogens with two attached hydrogens (primary N) is 1. The van der Waals surface area contributed by atoms with Crippen molar-refractivity contribution in [1.82, 2.24) is 0 Å². The van der Waals surface area contributed by atoms with Gasteiger partial charge in [0.1, 0.15) is 0 Å². The first-order chi connectivity index (χ1) is 5.92. The van der Waals surface area contributed by atoms with Gasteiger partial charge in [0.05, 0.1) is 5.71 Å². The van der Waals surface area contributed by atoms with Crippen LogP contribution < -0.4 is 5.84 Å². The highest BCUT2D eigenvalue weighted by Gasteiger charge is 2.14. The van der Waals surface area contributed by atoms with Gasteiger partial charge >= 0.3 is 0 Å². The van der Waals surface area contributed by atoms with Crippen molar-refractivity contribution in [1.29, 1.82) is 0 Å². The minimum absolute atomic E-state index is 0.984. The van der Waals surface area contributed by atoms with Crippen molar-refractivity contribution < 1.29 is 0 Å². The average molecular weight is 178 g/mol. The number of thioether (sulfide) groups is 1. The molecule has 2 rings (SSSR count). The molecule has 1 aliphatic heterocycles. The Morgan fingerprint density at radius 3 is 3.00 bits per heavy atom. The summed E-state index contributed by atoms with van der Waals surface area (Å²) < 4.78 is 0. The lowest BCUT2D eigenvalue weighted by atomic mass is 10.1. The number of hydrogen-bond acceptors (Lipinski definition) is 3. The van der Waals surface area contributed by atoms with Crippen molar-refractivity contribution in [2.45, 2.75) is 11.3 Å². The summed E-state index contributed by atoms with van der Waals surface area (Å²) in [7, 11) is 0. The number of rotatable bonds is 0. The molecule has 0 saturated heterocycles. The van der Waals surface area contributed by atoms with Gasteiger partial charge in [-0.15, -0.1) is 11.8 Å². The molecule has 0 atom stereocenters. The maximum atomic E-state index is 5.30. The molecule has 0 bridgehead atoms. The van der Waals surface area contributed by atoms with Gasteiger partial charge in [0, 0.05) is 22.6 Å². The van der Waals surface area contributed by atoms with Crippen LogP contribution >= 0.6 is 11.8 Å². The van der Waals surface area contributed by atoms with E-state index in [4.69, 9.17) is 5.84 Å². The van der Waals surface area contributed by atoms with Crippen LogP contribution in [0.1, 0.15) is 12.0 Å². The summed E-state index contributed by atoms with van der Waals surface area (Å²) in [5.74, 6) is 6.39. The second-order valence-electron chi connectivity index (χ2n) is 2.67. The Balaban J connectivity index is 2.51. The van der Waals surface area contributed by atoms with Gasteiger partial charge in [0.15, 0.2) is 0 Å². The Hall–Kier alpha value is -0.960. The molecule has 0 radical (unpaired) electrons. The van der Waals surface area contributed by atoms with E-state index in [1.54, 1.807) is 0 Å².